The van der Waals surface area contributed by atoms with Gasteiger partial charge in [0.05, 0.1) is 6.61 Å². The minimum Gasteiger partial charge on any atom is -0.493 e. The maximum atomic E-state index is 11.1. The zero-order chi connectivity index (χ0) is 12.2. The van der Waals surface area contributed by atoms with Crippen LogP contribution in [0.15, 0.2) is 18.2 Å². The van der Waals surface area contributed by atoms with Gasteiger partial charge in [-0.05, 0) is 49.1 Å². The van der Waals surface area contributed by atoms with Gasteiger partial charge in [0, 0.05) is 19.0 Å². The lowest BCUT2D eigenvalue weighted by atomic mass is 9.84. The third-order valence-corrected chi connectivity index (χ3v) is 4.88. The average molecular weight is 245 g/mol. The van der Waals surface area contributed by atoms with Crippen molar-refractivity contribution in [3.05, 3.63) is 29.3 Å². The molecule has 2 saturated heterocycles. The zero-order valence-electron chi connectivity index (χ0n) is 10.6. The maximum Gasteiger partial charge on any atom is 0.122 e. The summed E-state index contributed by atoms with van der Waals surface area (Å²) < 4.78 is 5.54. The van der Waals surface area contributed by atoms with Gasteiger partial charge in [0.25, 0.3) is 0 Å². The fourth-order valence-electron chi connectivity index (χ4n) is 3.91. The molecule has 0 radical (unpaired) electrons. The van der Waals surface area contributed by atoms with Crippen LogP contribution < -0.4 is 4.74 Å². The predicted molar refractivity (Wildman–Crippen MR) is 68.7 cm³/mol. The molecule has 0 bridgehead atoms. The molecule has 4 rings (SSSR count). The number of ether oxygens (including phenoxy) is 1. The van der Waals surface area contributed by atoms with Crippen molar-refractivity contribution in [2.45, 2.75) is 37.3 Å². The summed E-state index contributed by atoms with van der Waals surface area (Å²) in [5.41, 5.74) is 1.73. The molecule has 3 nitrogen and oxygen atoms in total. The zero-order valence-corrected chi connectivity index (χ0v) is 10.6. The molecular formula is C15H19NO2. The van der Waals surface area contributed by atoms with Crippen LogP contribution in [0.3, 0.4) is 0 Å². The summed E-state index contributed by atoms with van der Waals surface area (Å²) in [7, 11) is 0. The largest absolute Gasteiger partial charge is 0.493 e. The van der Waals surface area contributed by atoms with Gasteiger partial charge in [-0.3, -0.25) is 4.90 Å². The van der Waals surface area contributed by atoms with E-state index in [1.165, 1.54) is 12.0 Å². The van der Waals surface area contributed by atoms with Crippen molar-refractivity contribution in [2.75, 3.05) is 19.7 Å². The van der Waals surface area contributed by atoms with Crippen molar-refractivity contribution < 1.29 is 9.84 Å². The van der Waals surface area contributed by atoms with E-state index in [-0.39, 0.29) is 0 Å². The minimum atomic E-state index is -0.631. The van der Waals surface area contributed by atoms with Crippen LogP contribution in [-0.2, 0) is 12.0 Å². The lowest BCUT2D eigenvalue weighted by Crippen LogP contribution is -2.38. The molecule has 3 heterocycles. The Balaban J connectivity index is 1.74. The average Bonchev–Trinajstić information content (AvgIpc) is 3.06. The summed E-state index contributed by atoms with van der Waals surface area (Å²) in [4.78, 5) is 2.45. The highest BCUT2D eigenvalue weighted by Gasteiger charge is 2.49. The monoisotopic (exact) mass is 245 g/mol. The number of nitrogens with zero attached hydrogens (tertiary/aromatic N) is 1. The first kappa shape index (κ1) is 10.8. The molecule has 2 unspecified atom stereocenters. The van der Waals surface area contributed by atoms with Gasteiger partial charge >= 0.3 is 0 Å². The van der Waals surface area contributed by atoms with Gasteiger partial charge in [0.2, 0.25) is 0 Å². The van der Waals surface area contributed by atoms with E-state index in [9.17, 15) is 5.11 Å². The second-order valence-electron chi connectivity index (χ2n) is 5.79. The Labute approximate surface area is 107 Å². The molecule has 0 spiro atoms. The van der Waals surface area contributed by atoms with Crippen molar-refractivity contribution in [2.24, 2.45) is 0 Å². The Morgan fingerprint density at radius 2 is 2.28 bits per heavy atom. The van der Waals surface area contributed by atoms with E-state index in [1.54, 1.807) is 0 Å². The van der Waals surface area contributed by atoms with Crippen LogP contribution in [0.4, 0.5) is 0 Å². The highest BCUT2D eigenvalue weighted by atomic mass is 16.5. The number of benzene rings is 1. The summed E-state index contributed by atoms with van der Waals surface area (Å²) in [6, 6.07) is 6.60. The van der Waals surface area contributed by atoms with E-state index in [2.05, 4.69) is 17.0 Å². The van der Waals surface area contributed by atoms with Gasteiger partial charge in [-0.15, -0.1) is 0 Å². The van der Waals surface area contributed by atoms with Crippen LogP contribution in [0.2, 0.25) is 0 Å². The molecular weight excluding hydrogens is 226 g/mol. The fourth-order valence-corrected chi connectivity index (χ4v) is 3.91. The summed E-state index contributed by atoms with van der Waals surface area (Å²) in [5.74, 6) is 1.00. The van der Waals surface area contributed by atoms with E-state index in [0.29, 0.717) is 6.04 Å². The van der Waals surface area contributed by atoms with E-state index in [1.807, 2.05) is 6.07 Å². The third-order valence-electron chi connectivity index (χ3n) is 4.88. The number of aliphatic hydroxyl groups is 1. The molecule has 3 heteroatoms. The number of rotatable bonds is 1. The van der Waals surface area contributed by atoms with Crippen molar-refractivity contribution in [1.82, 2.24) is 4.90 Å². The minimum absolute atomic E-state index is 0.331. The topological polar surface area (TPSA) is 32.7 Å². The Bertz CT molecular complexity index is 487. The molecule has 0 saturated carbocycles. The van der Waals surface area contributed by atoms with Crippen LogP contribution in [0.1, 0.15) is 30.4 Å². The number of hydrogen-bond donors (Lipinski definition) is 1. The second-order valence-corrected chi connectivity index (χ2v) is 5.79. The lowest BCUT2D eigenvalue weighted by Gasteiger charge is -2.30. The van der Waals surface area contributed by atoms with Gasteiger partial charge in [-0.25, -0.2) is 0 Å². The van der Waals surface area contributed by atoms with E-state index in [4.69, 9.17) is 4.74 Å². The van der Waals surface area contributed by atoms with Gasteiger partial charge < -0.3 is 9.84 Å². The van der Waals surface area contributed by atoms with Crippen LogP contribution in [0, 0.1) is 0 Å². The standard InChI is InChI=1S/C15H19NO2/c17-15(6-8-16-7-1-2-14(15)16)12-3-4-13-11(10-12)5-9-18-13/h3-4,10,14,17H,1-2,5-9H2. The second kappa shape index (κ2) is 3.72. The molecule has 0 aromatic heterocycles. The smallest absolute Gasteiger partial charge is 0.122 e. The van der Waals surface area contributed by atoms with E-state index >= 15 is 0 Å². The van der Waals surface area contributed by atoms with Gasteiger partial charge in [-0.2, -0.15) is 0 Å². The molecule has 18 heavy (non-hydrogen) atoms. The highest BCUT2D eigenvalue weighted by molar-refractivity contribution is 5.42. The van der Waals surface area contributed by atoms with Gasteiger partial charge in [0.15, 0.2) is 0 Å². The molecule has 2 fully saturated rings. The Morgan fingerprint density at radius 1 is 1.33 bits per heavy atom. The summed E-state index contributed by atoms with van der Waals surface area (Å²) in [6.07, 6.45) is 4.20. The van der Waals surface area contributed by atoms with Gasteiger partial charge in [0.1, 0.15) is 11.4 Å². The Hall–Kier alpha value is -1.06. The first-order chi connectivity index (χ1) is 8.77. The highest BCUT2D eigenvalue weighted by Crippen LogP contribution is 2.44. The van der Waals surface area contributed by atoms with Crippen molar-refractivity contribution >= 4 is 0 Å². The number of fused-ring (bicyclic) bond motifs is 2. The van der Waals surface area contributed by atoms with E-state index < -0.39 is 5.60 Å². The normalized spacial score (nSPS) is 34.4. The molecule has 2 atom stereocenters. The molecule has 1 N–H and O–H groups in total. The first-order valence-electron chi connectivity index (χ1n) is 7.00. The van der Waals surface area contributed by atoms with Crippen molar-refractivity contribution in [1.29, 1.82) is 0 Å². The summed E-state index contributed by atoms with van der Waals surface area (Å²) in [5, 5.41) is 11.1. The molecule has 1 aromatic rings. The summed E-state index contributed by atoms with van der Waals surface area (Å²) in [6.45, 7) is 2.97. The predicted octanol–water partition coefficient (Wildman–Crippen LogP) is 1.68. The summed E-state index contributed by atoms with van der Waals surface area (Å²) >= 11 is 0. The van der Waals surface area contributed by atoms with Crippen molar-refractivity contribution in [3.63, 3.8) is 0 Å². The van der Waals surface area contributed by atoms with Crippen LogP contribution in [-0.4, -0.2) is 35.7 Å². The van der Waals surface area contributed by atoms with Crippen molar-refractivity contribution in [3.8, 4) is 5.75 Å². The first-order valence-corrected chi connectivity index (χ1v) is 7.00. The lowest BCUT2D eigenvalue weighted by molar-refractivity contribution is 0.00932. The molecule has 3 aliphatic heterocycles. The third kappa shape index (κ3) is 1.38. The molecule has 96 valence electrons. The van der Waals surface area contributed by atoms with Gasteiger partial charge in [-0.1, -0.05) is 6.07 Å². The molecule has 0 amide bonds. The maximum absolute atomic E-state index is 11.1. The fraction of sp³-hybridized carbons (Fsp3) is 0.600. The quantitative estimate of drug-likeness (QED) is 0.817. The molecule has 1 aromatic carbocycles. The molecule has 0 aliphatic carbocycles. The molecule has 3 aliphatic rings. The van der Waals surface area contributed by atoms with Crippen LogP contribution in [0.25, 0.3) is 0 Å². The Morgan fingerprint density at radius 3 is 3.22 bits per heavy atom. The van der Waals surface area contributed by atoms with Crippen LogP contribution >= 0.6 is 0 Å². The number of hydrogen-bond acceptors (Lipinski definition) is 3. The van der Waals surface area contributed by atoms with Crippen LogP contribution in [0.5, 0.6) is 5.75 Å². The Kier molecular flexibility index (Phi) is 2.24. The SMILES string of the molecule is OC1(c2ccc3c(c2)CCO3)CCN2CCCC21. The van der Waals surface area contributed by atoms with E-state index in [0.717, 1.165) is 50.3 Å².